The van der Waals surface area contributed by atoms with Crippen LogP contribution < -0.4 is 0 Å². The van der Waals surface area contributed by atoms with E-state index in [4.69, 9.17) is 0 Å². The largest absolute Gasteiger partial charge is 0.250 e. The fraction of sp³-hybridized carbons (Fsp3) is 0.273. The summed E-state index contributed by atoms with van der Waals surface area (Å²) < 4.78 is 2.59. The third-order valence-electron chi connectivity index (χ3n) is 2.54. The van der Waals surface area contributed by atoms with E-state index in [9.17, 15) is 4.91 Å². The molecule has 5 nitrogen and oxygen atoms in total. The average Bonchev–Trinajstić information content (AvgIpc) is 2.79. The Labute approximate surface area is 107 Å². The van der Waals surface area contributed by atoms with Crippen molar-refractivity contribution in [2.45, 2.75) is 19.5 Å². The summed E-state index contributed by atoms with van der Waals surface area (Å²) in [5.41, 5.74) is 1.95. The second kappa shape index (κ2) is 5.18. The molecule has 1 unspecified atom stereocenters. The highest BCUT2D eigenvalue weighted by Crippen LogP contribution is 2.25. The van der Waals surface area contributed by atoms with Gasteiger partial charge in [0.1, 0.15) is 18.7 Å². The summed E-state index contributed by atoms with van der Waals surface area (Å²) in [5, 5.41) is 7.14. The zero-order valence-corrected chi connectivity index (χ0v) is 10.8. The van der Waals surface area contributed by atoms with Crippen molar-refractivity contribution in [2.75, 3.05) is 0 Å². The van der Waals surface area contributed by atoms with E-state index in [1.54, 1.807) is 11.0 Å². The van der Waals surface area contributed by atoms with Gasteiger partial charge in [-0.2, -0.15) is 10.0 Å². The standard InChI is InChI=1S/C11H11BrN4O/c1-8-4-9(12)2-3-10(8)11(15-17)5-16-7-13-6-14-16/h2-4,6-7,11H,5H2,1H3. The number of rotatable bonds is 4. The van der Waals surface area contributed by atoms with Gasteiger partial charge in [0.25, 0.3) is 0 Å². The maximum atomic E-state index is 10.9. The molecular formula is C11H11BrN4O. The fourth-order valence-electron chi connectivity index (χ4n) is 1.71. The molecule has 1 atom stereocenters. The number of nitrogens with zero attached hydrogens (tertiary/aromatic N) is 4. The SMILES string of the molecule is Cc1cc(Br)ccc1C(Cn1cncn1)N=O. The summed E-state index contributed by atoms with van der Waals surface area (Å²) >= 11 is 3.39. The van der Waals surface area contributed by atoms with Crippen LogP contribution in [0, 0.1) is 11.8 Å². The van der Waals surface area contributed by atoms with Crippen molar-refractivity contribution in [1.82, 2.24) is 14.8 Å². The molecule has 0 radical (unpaired) electrons. The average molecular weight is 295 g/mol. The van der Waals surface area contributed by atoms with Crippen molar-refractivity contribution in [3.63, 3.8) is 0 Å². The van der Waals surface area contributed by atoms with Crippen LogP contribution in [0.1, 0.15) is 17.2 Å². The van der Waals surface area contributed by atoms with E-state index in [-0.39, 0.29) is 0 Å². The third-order valence-corrected chi connectivity index (χ3v) is 3.04. The van der Waals surface area contributed by atoms with E-state index in [1.807, 2.05) is 25.1 Å². The van der Waals surface area contributed by atoms with Crippen molar-refractivity contribution >= 4 is 15.9 Å². The maximum absolute atomic E-state index is 10.9. The van der Waals surface area contributed by atoms with E-state index in [0.29, 0.717) is 6.54 Å². The van der Waals surface area contributed by atoms with Crippen LogP contribution in [0.3, 0.4) is 0 Å². The van der Waals surface area contributed by atoms with Gasteiger partial charge < -0.3 is 0 Å². The summed E-state index contributed by atoms with van der Waals surface area (Å²) in [5.74, 6) is 0. The second-order valence-electron chi connectivity index (χ2n) is 3.74. The van der Waals surface area contributed by atoms with Crippen molar-refractivity contribution in [3.05, 3.63) is 51.4 Å². The smallest absolute Gasteiger partial charge is 0.137 e. The van der Waals surface area contributed by atoms with E-state index in [2.05, 4.69) is 31.2 Å². The Hall–Kier alpha value is -1.56. The highest BCUT2D eigenvalue weighted by Gasteiger charge is 2.15. The van der Waals surface area contributed by atoms with Gasteiger partial charge in [-0.3, -0.25) is 4.68 Å². The highest BCUT2D eigenvalue weighted by molar-refractivity contribution is 9.10. The predicted molar refractivity (Wildman–Crippen MR) is 67.4 cm³/mol. The van der Waals surface area contributed by atoms with Crippen molar-refractivity contribution in [2.24, 2.45) is 5.18 Å². The topological polar surface area (TPSA) is 60.1 Å². The number of aryl methyl sites for hydroxylation is 1. The van der Waals surface area contributed by atoms with Crippen LogP contribution in [0.4, 0.5) is 0 Å². The fourth-order valence-corrected chi connectivity index (χ4v) is 2.18. The zero-order chi connectivity index (χ0) is 12.3. The van der Waals surface area contributed by atoms with Crippen LogP contribution in [-0.4, -0.2) is 14.8 Å². The lowest BCUT2D eigenvalue weighted by Crippen LogP contribution is -2.08. The predicted octanol–water partition coefficient (Wildman–Crippen LogP) is 2.86. The first-order valence-electron chi connectivity index (χ1n) is 5.11. The molecule has 6 heteroatoms. The summed E-state index contributed by atoms with van der Waals surface area (Å²) in [6.45, 7) is 2.37. The van der Waals surface area contributed by atoms with Crippen molar-refractivity contribution < 1.29 is 0 Å². The van der Waals surface area contributed by atoms with Crippen LogP contribution in [0.2, 0.25) is 0 Å². The Bertz CT molecular complexity index is 512. The van der Waals surface area contributed by atoms with Crippen LogP contribution in [0.25, 0.3) is 0 Å². The molecule has 0 aliphatic rings. The number of nitroso groups, excluding NO2 is 1. The van der Waals surface area contributed by atoms with Gasteiger partial charge in [-0.25, -0.2) is 4.98 Å². The normalized spacial score (nSPS) is 12.4. The maximum Gasteiger partial charge on any atom is 0.137 e. The number of halogens is 1. The molecule has 0 N–H and O–H groups in total. The Morgan fingerprint density at radius 1 is 1.53 bits per heavy atom. The van der Waals surface area contributed by atoms with Gasteiger partial charge in [0.05, 0.1) is 6.54 Å². The van der Waals surface area contributed by atoms with Gasteiger partial charge in [-0.05, 0) is 30.2 Å². The molecule has 0 aliphatic carbocycles. The van der Waals surface area contributed by atoms with Crippen LogP contribution in [0.15, 0.2) is 40.5 Å². The van der Waals surface area contributed by atoms with Gasteiger partial charge in [0.2, 0.25) is 0 Å². The summed E-state index contributed by atoms with van der Waals surface area (Å²) in [4.78, 5) is 14.8. The van der Waals surface area contributed by atoms with Crippen molar-refractivity contribution in [3.8, 4) is 0 Å². The van der Waals surface area contributed by atoms with E-state index >= 15 is 0 Å². The molecule has 0 bridgehead atoms. The summed E-state index contributed by atoms with van der Waals surface area (Å²) in [6, 6.07) is 5.34. The minimum Gasteiger partial charge on any atom is -0.250 e. The molecule has 0 amide bonds. The van der Waals surface area contributed by atoms with Crippen molar-refractivity contribution in [1.29, 1.82) is 0 Å². The second-order valence-corrected chi connectivity index (χ2v) is 4.66. The quantitative estimate of drug-likeness (QED) is 0.815. The molecule has 2 rings (SSSR count). The Balaban J connectivity index is 2.26. The van der Waals surface area contributed by atoms with Crippen LogP contribution in [-0.2, 0) is 6.54 Å². The lowest BCUT2D eigenvalue weighted by atomic mass is 10.0. The molecule has 1 aromatic heterocycles. The minimum atomic E-state index is -0.440. The Morgan fingerprint density at radius 3 is 2.94 bits per heavy atom. The molecular weight excluding hydrogens is 284 g/mol. The van der Waals surface area contributed by atoms with Gasteiger partial charge in [-0.15, -0.1) is 0 Å². The van der Waals surface area contributed by atoms with E-state index in [0.717, 1.165) is 15.6 Å². The highest BCUT2D eigenvalue weighted by atomic mass is 79.9. The first-order chi connectivity index (χ1) is 8.20. The van der Waals surface area contributed by atoms with E-state index < -0.39 is 6.04 Å². The lowest BCUT2D eigenvalue weighted by molar-refractivity contribution is 0.524. The monoisotopic (exact) mass is 294 g/mol. The number of aromatic nitrogens is 3. The van der Waals surface area contributed by atoms with Gasteiger partial charge in [0, 0.05) is 4.47 Å². The van der Waals surface area contributed by atoms with Gasteiger partial charge in [-0.1, -0.05) is 27.2 Å². The zero-order valence-electron chi connectivity index (χ0n) is 9.25. The number of hydrogen-bond donors (Lipinski definition) is 0. The molecule has 0 aliphatic heterocycles. The third kappa shape index (κ3) is 2.76. The molecule has 1 aromatic carbocycles. The number of benzene rings is 1. The minimum absolute atomic E-state index is 0.409. The molecule has 0 spiro atoms. The molecule has 0 fully saturated rings. The van der Waals surface area contributed by atoms with E-state index in [1.165, 1.54) is 6.33 Å². The molecule has 17 heavy (non-hydrogen) atoms. The summed E-state index contributed by atoms with van der Waals surface area (Å²) in [6.07, 6.45) is 3.02. The lowest BCUT2D eigenvalue weighted by Gasteiger charge is -2.12. The molecule has 2 aromatic rings. The first-order valence-corrected chi connectivity index (χ1v) is 5.91. The van der Waals surface area contributed by atoms with Gasteiger partial charge >= 0.3 is 0 Å². The molecule has 0 saturated heterocycles. The molecule has 0 saturated carbocycles. The Morgan fingerprint density at radius 2 is 2.35 bits per heavy atom. The van der Waals surface area contributed by atoms with Gasteiger partial charge in [0.15, 0.2) is 0 Å². The van der Waals surface area contributed by atoms with Crippen LogP contribution in [0.5, 0.6) is 0 Å². The van der Waals surface area contributed by atoms with Crippen LogP contribution >= 0.6 is 15.9 Å². The first kappa shape index (κ1) is 11.9. The summed E-state index contributed by atoms with van der Waals surface area (Å²) in [7, 11) is 0. The Kier molecular flexibility index (Phi) is 3.63. The molecule has 88 valence electrons. The molecule has 1 heterocycles. The number of hydrogen-bond acceptors (Lipinski definition) is 4.